The van der Waals surface area contributed by atoms with E-state index in [9.17, 15) is 0 Å². The zero-order valence-corrected chi connectivity index (χ0v) is 16.8. The Morgan fingerprint density at radius 3 is 2.35 bits per heavy atom. The topological polar surface area (TPSA) is 24.1 Å². The summed E-state index contributed by atoms with van der Waals surface area (Å²) in [6.07, 6.45) is 3.40. The summed E-state index contributed by atoms with van der Waals surface area (Å²) < 4.78 is 0. The summed E-state index contributed by atoms with van der Waals surface area (Å²) in [7, 11) is 0. The number of para-hydroxylation sites is 1. The number of allylic oxidation sites excluding steroid dienone is 1. The third-order valence-corrected chi connectivity index (χ3v) is 5.91. The van der Waals surface area contributed by atoms with Gasteiger partial charge in [-0.3, -0.25) is 0 Å². The van der Waals surface area contributed by atoms with Crippen LogP contribution in [-0.4, -0.2) is 11.1 Å². The molecule has 0 radical (unpaired) electrons. The molecule has 0 amide bonds. The Labute approximate surface area is 157 Å². The van der Waals surface area contributed by atoms with E-state index >= 15 is 0 Å². The lowest BCUT2D eigenvalue weighted by Gasteiger charge is -2.46. The maximum absolute atomic E-state index is 3.72. The van der Waals surface area contributed by atoms with E-state index in [0.29, 0.717) is 0 Å². The number of fused-ring (bicyclic) bond motifs is 2. The maximum Gasteiger partial charge on any atom is 0.0505 e. The fraction of sp³-hybridized carbons (Fsp3) is 0.417. The molecule has 2 heterocycles. The number of rotatable bonds is 1. The van der Waals surface area contributed by atoms with Crippen LogP contribution >= 0.6 is 0 Å². The van der Waals surface area contributed by atoms with Gasteiger partial charge in [-0.05, 0) is 75.9 Å². The highest BCUT2D eigenvalue weighted by atomic mass is 15.0. The van der Waals surface area contributed by atoms with Gasteiger partial charge in [0.1, 0.15) is 0 Å². The van der Waals surface area contributed by atoms with Crippen LogP contribution in [0.5, 0.6) is 0 Å². The zero-order valence-electron chi connectivity index (χ0n) is 16.8. The van der Waals surface area contributed by atoms with Crippen molar-refractivity contribution in [1.29, 1.82) is 0 Å². The SMILES string of the molecule is CC1=CC(C)(C)Nc2ccc([C@@]3(C)CC(C)(C)Nc4ccccc43)cc21. The van der Waals surface area contributed by atoms with Gasteiger partial charge in [-0.2, -0.15) is 0 Å². The van der Waals surface area contributed by atoms with Crippen molar-refractivity contribution < 1.29 is 0 Å². The van der Waals surface area contributed by atoms with Crippen molar-refractivity contribution in [2.75, 3.05) is 10.6 Å². The van der Waals surface area contributed by atoms with Gasteiger partial charge in [-0.1, -0.05) is 37.3 Å². The summed E-state index contributed by atoms with van der Waals surface area (Å²) in [5.41, 5.74) is 8.04. The first kappa shape index (κ1) is 17.2. The predicted octanol–water partition coefficient (Wildman–Crippen LogP) is 6.19. The summed E-state index contributed by atoms with van der Waals surface area (Å²) in [5, 5.41) is 7.38. The van der Waals surface area contributed by atoms with Crippen molar-refractivity contribution in [3.05, 3.63) is 65.2 Å². The Morgan fingerprint density at radius 2 is 1.58 bits per heavy atom. The van der Waals surface area contributed by atoms with E-state index in [4.69, 9.17) is 0 Å². The van der Waals surface area contributed by atoms with Crippen molar-refractivity contribution in [3.8, 4) is 0 Å². The smallest absolute Gasteiger partial charge is 0.0505 e. The van der Waals surface area contributed by atoms with E-state index in [0.717, 1.165) is 6.42 Å². The van der Waals surface area contributed by atoms with Crippen LogP contribution in [0.1, 0.15) is 64.7 Å². The van der Waals surface area contributed by atoms with Gasteiger partial charge in [0.05, 0.1) is 5.54 Å². The van der Waals surface area contributed by atoms with Crippen LogP contribution in [-0.2, 0) is 5.41 Å². The molecule has 2 aromatic carbocycles. The van der Waals surface area contributed by atoms with E-state index in [1.165, 1.54) is 33.6 Å². The normalized spacial score (nSPS) is 25.2. The summed E-state index contributed by atoms with van der Waals surface area (Å²) in [4.78, 5) is 0. The molecule has 0 fully saturated rings. The highest BCUT2D eigenvalue weighted by molar-refractivity contribution is 5.81. The van der Waals surface area contributed by atoms with Crippen molar-refractivity contribution in [1.82, 2.24) is 0 Å². The van der Waals surface area contributed by atoms with Gasteiger partial charge in [-0.15, -0.1) is 0 Å². The quantitative estimate of drug-likeness (QED) is 0.643. The van der Waals surface area contributed by atoms with Crippen LogP contribution in [0.3, 0.4) is 0 Å². The van der Waals surface area contributed by atoms with E-state index in [2.05, 4.69) is 101 Å². The molecule has 2 aliphatic heterocycles. The highest BCUT2D eigenvalue weighted by Gasteiger charge is 2.41. The monoisotopic (exact) mass is 346 g/mol. The van der Waals surface area contributed by atoms with Gasteiger partial charge >= 0.3 is 0 Å². The molecule has 136 valence electrons. The number of nitrogens with one attached hydrogen (secondary N) is 2. The molecule has 26 heavy (non-hydrogen) atoms. The first-order valence-electron chi connectivity index (χ1n) is 9.60. The molecule has 1 atom stereocenters. The minimum absolute atomic E-state index is 0.00580. The molecule has 0 unspecified atom stereocenters. The molecule has 0 aromatic heterocycles. The second kappa shape index (κ2) is 5.39. The summed E-state index contributed by atoms with van der Waals surface area (Å²) in [6, 6.07) is 15.8. The lowest BCUT2D eigenvalue weighted by atomic mass is 9.65. The van der Waals surface area contributed by atoms with Crippen LogP contribution in [0, 0.1) is 0 Å². The predicted molar refractivity (Wildman–Crippen MR) is 113 cm³/mol. The summed E-state index contributed by atoms with van der Waals surface area (Å²) >= 11 is 0. The van der Waals surface area contributed by atoms with Crippen LogP contribution < -0.4 is 10.6 Å². The average Bonchev–Trinajstić information content (AvgIpc) is 2.52. The van der Waals surface area contributed by atoms with Crippen LogP contribution in [0.2, 0.25) is 0 Å². The molecule has 2 nitrogen and oxygen atoms in total. The second-order valence-electron chi connectivity index (χ2n) is 9.50. The van der Waals surface area contributed by atoms with Gasteiger partial charge in [0, 0.05) is 27.9 Å². The number of hydrogen-bond donors (Lipinski definition) is 2. The molecule has 2 heteroatoms. The zero-order chi connectivity index (χ0) is 18.7. The van der Waals surface area contributed by atoms with Crippen molar-refractivity contribution in [3.63, 3.8) is 0 Å². The molecule has 2 N–H and O–H groups in total. The van der Waals surface area contributed by atoms with E-state index in [1.54, 1.807) is 0 Å². The average molecular weight is 347 g/mol. The van der Waals surface area contributed by atoms with Crippen molar-refractivity contribution >= 4 is 16.9 Å². The molecular formula is C24H30N2. The fourth-order valence-electron chi connectivity index (χ4n) is 5.04. The number of benzene rings is 2. The lowest BCUT2D eigenvalue weighted by Crippen LogP contribution is -2.45. The molecule has 0 spiro atoms. The summed E-state index contributed by atoms with van der Waals surface area (Å²) in [5.74, 6) is 0. The van der Waals surface area contributed by atoms with Crippen LogP contribution in [0.4, 0.5) is 11.4 Å². The third-order valence-electron chi connectivity index (χ3n) is 5.91. The standard InChI is InChI=1S/C24H30N2/c1-16-14-22(2,3)25-20-12-11-17(13-18(16)20)24(6)15-23(4,5)26-21-10-8-7-9-19(21)24/h7-14,25-26H,15H2,1-6H3/t24-/m1/s1. The minimum Gasteiger partial charge on any atom is -0.380 e. The van der Waals surface area contributed by atoms with Gasteiger partial charge in [0.15, 0.2) is 0 Å². The van der Waals surface area contributed by atoms with E-state index in [1.807, 2.05) is 0 Å². The van der Waals surface area contributed by atoms with E-state index < -0.39 is 0 Å². The Balaban J connectivity index is 1.87. The molecule has 2 aliphatic rings. The molecule has 2 aromatic rings. The number of hydrogen-bond acceptors (Lipinski definition) is 2. The van der Waals surface area contributed by atoms with Crippen molar-refractivity contribution in [2.24, 2.45) is 0 Å². The Hall–Kier alpha value is -2.22. The summed E-state index contributed by atoms with van der Waals surface area (Å²) in [6.45, 7) is 13.7. The first-order valence-corrected chi connectivity index (χ1v) is 9.60. The van der Waals surface area contributed by atoms with Crippen LogP contribution in [0.25, 0.3) is 5.57 Å². The van der Waals surface area contributed by atoms with Gasteiger partial charge < -0.3 is 10.6 Å². The Bertz CT molecular complexity index is 904. The molecule has 0 saturated carbocycles. The lowest BCUT2D eigenvalue weighted by molar-refractivity contribution is 0.378. The number of anilines is 2. The highest BCUT2D eigenvalue weighted by Crippen LogP contribution is 2.48. The third kappa shape index (κ3) is 2.72. The molecular weight excluding hydrogens is 316 g/mol. The van der Waals surface area contributed by atoms with Crippen LogP contribution in [0.15, 0.2) is 48.5 Å². The fourth-order valence-corrected chi connectivity index (χ4v) is 5.04. The minimum atomic E-state index is -0.00633. The van der Waals surface area contributed by atoms with Gasteiger partial charge in [0.2, 0.25) is 0 Å². The largest absolute Gasteiger partial charge is 0.380 e. The van der Waals surface area contributed by atoms with Gasteiger partial charge in [-0.25, -0.2) is 0 Å². The molecule has 0 aliphatic carbocycles. The molecule has 0 saturated heterocycles. The molecule has 4 rings (SSSR count). The molecule has 0 bridgehead atoms. The van der Waals surface area contributed by atoms with E-state index in [-0.39, 0.29) is 16.5 Å². The van der Waals surface area contributed by atoms with Crippen molar-refractivity contribution in [2.45, 2.75) is 64.5 Å². The second-order valence-corrected chi connectivity index (χ2v) is 9.50. The Kier molecular flexibility index (Phi) is 3.57. The Morgan fingerprint density at radius 1 is 0.846 bits per heavy atom. The first-order chi connectivity index (χ1) is 12.1. The maximum atomic E-state index is 3.72. The van der Waals surface area contributed by atoms with Gasteiger partial charge in [0.25, 0.3) is 0 Å².